The van der Waals surface area contributed by atoms with Gasteiger partial charge in [0.25, 0.3) is 5.91 Å². The molecule has 0 saturated heterocycles. The number of hydrogen-bond acceptors (Lipinski definition) is 4. The molecule has 0 aliphatic rings. The van der Waals surface area contributed by atoms with Crippen molar-refractivity contribution in [3.63, 3.8) is 0 Å². The number of hydrogen-bond donors (Lipinski definition) is 2. The van der Waals surface area contributed by atoms with Crippen molar-refractivity contribution >= 4 is 29.0 Å². The highest BCUT2D eigenvalue weighted by Gasteiger charge is 2.31. The molecule has 0 saturated carbocycles. The lowest BCUT2D eigenvalue weighted by molar-refractivity contribution is -0.137. The first-order valence-corrected chi connectivity index (χ1v) is 8.28. The predicted octanol–water partition coefficient (Wildman–Crippen LogP) is 4.67. The number of benzene rings is 1. The molecule has 26 heavy (non-hydrogen) atoms. The minimum absolute atomic E-state index is 0.0337. The SMILES string of the molecule is CC(C)CCNC(=O)c1cc(Nc2cc(C(F)(F)F)ccc2Cl)ncn1. The van der Waals surface area contributed by atoms with E-state index in [0.29, 0.717) is 12.5 Å². The number of nitrogens with zero attached hydrogens (tertiary/aromatic N) is 2. The number of anilines is 2. The maximum absolute atomic E-state index is 12.8. The van der Waals surface area contributed by atoms with Crippen LogP contribution in [0.1, 0.15) is 36.3 Å². The maximum atomic E-state index is 12.8. The molecule has 0 aliphatic carbocycles. The van der Waals surface area contributed by atoms with Crippen molar-refractivity contribution in [3.8, 4) is 0 Å². The second kappa shape index (κ2) is 8.35. The van der Waals surface area contributed by atoms with Crippen LogP contribution >= 0.6 is 11.6 Å². The molecule has 1 amide bonds. The first-order valence-electron chi connectivity index (χ1n) is 7.91. The Hall–Kier alpha value is -2.35. The van der Waals surface area contributed by atoms with Crippen LogP contribution < -0.4 is 10.6 Å². The third-order valence-electron chi connectivity index (χ3n) is 3.46. The summed E-state index contributed by atoms with van der Waals surface area (Å²) < 4.78 is 38.5. The Balaban J connectivity index is 2.15. The minimum Gasteiger partial charge on any atom is -0.351 e. The van der Waals surface area contributed by atoms with Gasteiger partial charge >= 0.3 is 6.18 Å². The molecular weight excluding hydrogens is 369 g/mol. The van der Waals surface area contributed by atoms with Gasteiger partial charge in [-0.05, 0) is 30.5 Å². The largest absolute Gasteiger partial charge is 0.416 e. The Morgan fingerprint density at radius 1 is 1.23 bits per heavy atom. The number of amides is 1. The molecule has 9 heteroatoms. The second-order valence-electron chi connectivity index (χ2n) is 6.04. The molecule has 0 aliphatic heterocycles. The first-order chi connectivity index (χ1) is 12.2. The lowest BCUT2D eigenvalue weighted by Gasteiger charge is -2.12. The molecule has 0 atom stereocenters. The number of rotatable bonds is 6. The van der Waals surface area contributed by atoms with Crippen LogP contribution in [0.5, 0.6) is 0 Å². The van der Waals surface area contributed by atoms with Crippen molar-refractivity contribution in [2.75, 3.05) is 11.9 Å². The molecule has 1 aromatic heterocycles. The lowest BCUT2D eigenvalue weighted by atomic mass is 10.1. The number of carbonyl (C=O) groups excluding carboxylic acids is 1. The number of aromatic nitrogens is 2. The molecule has 2 aromatic rings. The van der Waals surface area contributed by atoms with Gasteiger partial charge in [0, 0.05) is 12.6 Å². The van der Waals surface area contributed by atoms with Crippen LogP contribution in [0.4, 0.5) is 24.7 Å². The summed E-state index contributed by atoms with van der Waals surface area (Å²) >= 11 is 5.94. The minimum atomic E-state index is -4.49. The zero-order valence-corrected chi connectivity index (χ0v) is 14.9. The Morgan fingerprint density at radius 2 is 1.96 bits per heavy atom. The van der Waals surface area contributed by atoms with E-state index in [0.717, 1.165) is 30.9 Å². The third kappa shape index (κ3) is 5.59. The van der Waals surface area contributed by atoms with E-state index in [1.165, 1.54) is 6.07 Å². The van der Waals surface area contributed by atoms with Gasteiger partial charge in [-0.3, -0.25) is 4.79 Å². The molecule has 5 nitrogen and oxygen atoms in total. The Bertz CT molecular complexity index is 781. The zero-order chi connectivity index (χ0) is 19.3. The normalized spacial score (nSPS) is 11.5. The molecule has 2 N–H and O–H groups in total. The van der Waals surface area contributed by atoms with Gasteiger partial charge in [-0.1, -0.05) is 25.4 Å². The van der Waals surface area contributed by atoms with E-state index in [1.54, 1.807) is 0 Å². The summed E-state index contributed by atoms with van der Waals surface area (Å²) in [6, 6.07) is 4.27. The van der Waals surface area contributed by atoms with Crippen LogP contribution in [-0.4, -0.2) is 22.4 Å². The highest BCUT2D eigenvalue weighted by molar-refractivity contribution is 6.33. The topological polar surface area (TPSA) is 66.9 Å². The highest BCUT2D eigenvalue weighted by atomic mass is 35.5. The number of halogens is 4. The van der Waals surface area contributed by atoms with Crippen molar-refractivity contribution in [3.05, 3.63) is 46.9 Å². The summed E-state index contributed by atoms with van der Waals surface area (Å²) in [6.45, 7) is 4.58. The van der Waals surface area contributed by atoms with Crippen LogP contribution in [0.15, 0.2) is 30.6 Å². The van der Waals surface area contributed by atoms with Crippen LogP contribution in [0.3, 0.4) is 0 Å². The number of nitrogens with one attached hydrogen (secondary N) is 2. The van der Waals surface area contributed by atoms with Crippen molar-refractivity contribution in [2.24, 2.45) is 5.92 Å². The van der Waals surface area contributed by atoms with Crippen molar-refractivity contribution < 1.29 is 18.0 Å². The van der Waals surface area contributed by atoms with E-state index in [1.807, 2.05) is 13.8 Å². The summed E-state index contributed by atoms with van der Waals surface area (Å²) in [6.07, 6.45) is -2.52. The molecule has 0 spiro atoms. The highest BCUT2D eigenvalue weighted by Crippen LogP contribution is 2.34. The van der Waals surface area contributed by atoms with Crippen LogP contribution in [-0.2, 0) is 6.18 Å². The maximum Gasteiger partial charge on any atom is 0.416 e. The Labute approximate surface area is 154 Å². The van der Waals surface area contributed by atoms with Gasteiger partial charge in [0.1, 0.15) is 17.8 Å². The molecule has 2 rings (SSSR count). The summed E-state index contributed by atoms with van der Waals surface area (Å²) in [5.74, 6) is 0.224. The van der Waals surface area contributed by atoms with E-state index in [-0.39, 0.29) is 28.1 Å². The van der Waals surface area contributed by atoms with Gasteiger partial charge in [-0.15, -0.1) is 0 Å². The molecule has 1 heterocycles. The van der Waals surface area contributed by atoms with E-state index in [2.05, 4.69) is 20.6 Å². The Kier molecular flexibility index (Phi) is 6.42. The van der Waals surface area contributed by atoms with Crippen LogP contribution in [0.25, 0.3) is 0 Å². The molecule has 0 fully saturated rings. The Morgan fingerprint density at radius 3 is 2.62 bits per heavy atom. The second-order valence-corrected chi connectivity index (χ2v) is 6.45. The first kappa shape index (κ1) is 20.0. The lowest BCUT2D eigenvalue weighted by Crippen LogP contribution is -2.26. The van der Waals surface area contributed by atoms with Gasteiger partial charge in [0.15, 0.2) is 0 Å². The summed E-state index contributed by atoms with van der Waals surface area (Å²) in [5, 5.41) is 5.52. The van der Waals surface area contributed by atoms with Crippen LogP contribution in [0, 0.1) is 5.92 Å². The van der Waals surface area contributed by atoms with Gasteiger partial charge < -0.3 is 10.6 Å². The summed E-state index contributed by atoms with van der Waals surface area (Å²) in [7, 11) is 0. The predicted molar refractivity (Wildman–Crippen MR) is 93.6 cm³/mol. The average Bonchev–Trinajstić information content (AvgIpc) is 2.55. The average molecular weight is 387 g/mol. The summed E-state index contributed by atoms with van der Waals surface area (Å²) in [5.41, 5.74) is -0.703. The van der Waals surface area contributed by atoms with Crippen molar-refractivity contribution in [1.82, 2.24) is 15.3 Å². The molecule has 1 aromatic carbocycles. The number of alkyl halides is 3. The monoisotopic (exact) mass is 386 g/mol. The smallest absolute Gasteiger partial charge is 0.351 e. The van der Waals surface area contributed by atoms with E-state index >= 15 is 0 Å². The molecule has 0 radical (unpaired) electrons. The van der Waals surface area contributed by atoms with E-state index in [9.17, 15) is 18.0 Å². The van der Waals surface area contributed by atoms with Gasteiger partial charge in [0.2, 0.25) is 0 Å². The fourth-order valence-corrected chi connectivity index (χ4v) is 2.21. The van der Waals surface area contributed by atoms with E-state index in [4.69, 9.17) is 11.6 Å². The quantitative estimate of drug-likeness (QED) is 0.757. The van der Waals surface area contributed by atoms with Crippen LogP contribution in [0.2, 0.25) is 5.02 Å². The van der Waals surface area contributed by atoms with Gasteiger partial charge in [0.05, 0.1) is 16.3 Å². The zero-order valence-electron chi connectivity index (χ0n) is 14.2. The fourth-order valence-electron chi connectivity index (χ4n) is 2.05. The molecule has 0 unspecified atom stereocenters. The molecule has 0 bridgehead atoms. The molecule has 140 valence electrons. The van der Waals surface area contributed by atoms with Gasteiger partial charge in [-0.2, -0.15) is 13.2 Å². The molecular formula is C17H18ClF3N4O. The van der Waals surface area contributed by atoms with E-state index < -0.39 is 11.7 Å². The number of carbonyl (C=O) groups is 1. The standard InChI is InChI=1S/C17H18ClF3N4O/c1-10(2)5-6-22-16(26)14-8-15(24-9-23-14)25-13-7-11(17(19,20)21)3-4-12(13)18/h3-4,7-10H,5-6H2,1-2H3,(H,22,26)(H,23,24,25). The van der Waals surface area contributed by atoms with Crippen molar-refractivity contribution in [2.45, 2.75) is 26.4 Å². The van der Waals surface area contributed by atoms with Crippen molar-refractivity contribution in [1.29, 1.82) is 0 Å². The fraction of sp³-hybridized carbons (Fsp3) is 0.353. The third-order valence-corrected chi connectivity index (χ3v) is 3.79. The van der Waals surface area contributed by atoms with Gasteiger partial charge in [-0.25, -0.2) is 9.97 Å². The summed E-state index contributed by atoms with van der Waals surface area (Å²) in [4.78, 5) is 19.9.